The largest absolute Gasteiger partial charge is 0.494 e. The maximum atomic E-state index is 15.1. The van der Waals surface area contributed by atoms with E-state index in [2.05, 4.69) is 27.6 Å². The van der Waals surface area contributed by atoms with Crippen molar-refractivity contribution < 1.29 is 33.1 Å². The highest BCUT2D eigenvalue weighted by molar-refractivity contribution is 5.99. The second-order valence-corrected chi connectivity index (χ2v) is 9.22. The molecule has 1 fully saturated rings. The lowest BCUT2D eigenvalue weighted by Gasteiger charge is -2.35. The minimum Gasteiger partial charge on any atom is -0.494 e. The van der Waals surface area contributed by atoms with Gasteiger partial charge in [0, 0.05) is 37.8 Å². The third-order valence-electron chi connectivity index (χ3n) is 6.64. The Morgan fingerprint density at radius 2 is 2.15 bits per heavy atom. The van der Waals surface area contributed by atoms with E-state index in [-0.39, 0.29) is 53.8 Å². The smallest absolute Gasteiger partial charge is 0.322 e. The molecule has 4 amide bonds. The van der Waals surface area contributed by atoms with Gasteiger partial charge in [0.05, 0.1) is 24.8 Å². The summed E-state index contributed by atoms with van der Waals surface area (Å²) in [6.45, 7) is 3.70. The van der Waals surface area contributed by atoms with Gasteiger partial charge in [-0.25, -0.2) is 13.6 Å². The summed E-state index contributed by atoms with van der Waals surface area (Å²) in [5.74, 6) is 3.53. The molecule has 2 atom stereocenters. The topological polar surface area (TPSA) is 136 Å². The summed E-state index contributed by atoms with van der Waals surface area (Å²) >= 11 is 0. The van der Waals surface area contributed by atoms with Gasteiger partial charge in [0.25, 0.3) is 5.91 Å². The number of urea groups is 1. The molecule has 1 saturated heterocycles. The first-order valence-electron chi connectivity index (χ1n) is 12.4. The average molecular weight is 555 g/mol. The van der Waals surface area contributed by atoms with E-state index in [0.29, 0.717) is 25.2 Å². The highest BCUT2D eigenvalue weighted by Gasteiger charge is 2.33. The molecule has 4 N–H and O–H groups in total. The molecule has 2 aromatic carbocycles. The van der Waals surface area contributed by atoms with Crippen molar-refractivity contribution in [3.05, 3.63) is 64.2 Å². The lowest BCUT2D eigenvalue weighted by molar-refractivity contribution is -0.108. The number of carbonyl (C=O) groups excluding carboxylic acids is 3. The van der Waals surface area contributed by atoms with Gasteiger partial charge in [-0.15, -0.1) is 0 Å². The third kappa shape index (κ3) is 5.97. The molecule has 0 saturated carbocycles. The van der Waals surface area contributed by atoms with Crippen molar-refractivity contribution in [2.45, 2.75) is 25.6 Å². The summed E-state index contributed by atoms with van der Waals surface area (Å²) < 4.78 is 34.8. The molecule has 0 radical (unpaired) electrons. The van der Waals surface area contributed by atoms with E-state index in [1.54, 1.807) is 11.0 Å². The Hall–Kier alpha value is -4.70. The van der Waals surface area contributed by atoms with E-state index in [4.69, 9.17) is 4.74 Å². The Balaban J connectivity index is 1.55. The van der Waals surface area contributed by atoms with Gasteiger partial charge in [0.2, 0.25) is 6.41 Å². The molecule has 2 heterocycles. The zero-order chi connectivity index (χ0) is 28.8. The van der Waals surface area contributed by atoms with Gasteiger partial charge in [0.15, 0.2) is 17.4 Å². The van der Waals surface area contributed by atoms with Crippen LogP contribution in [-0.2, 0) is 11.3 Å². The number of hydrogen-bond acceptors (Lipinski definition) is 7. The summed E-state index contributed by atoms with van der Waals surface area (Å²) in [6.07, 6.45) is 0.187. The van der Waals surface area contributed by atoms with Crippen molar-refractivity contribution in [3.63, 3.8) is 0 Å². The highest BCUT2D eigenvalue weighted by Crippen LogP contribution is 2.30. The number of hydrogen-bond donors (Lipinski definition) is 4. The fourth-order valence-corrected chi connectivity index (χ4v) is 4.67. The predicted molar refractivity (Wildman–Crippen MR) is 140 cm³/mol. The quantitative estimate of drug-likeness (QED) is 0.105. The van der Waals surface area contributed by atoms with Gasteiger partial charge in [-0.1, -0.05) is 23.1 Å². The normalized spacial score (nSPS) is 17.4. The number of benzene rings is 2. The summed E-state index contributed by atoms with van der Waals surface area (Å²) in [5.41, 5.74) is 0.674. The molecular weight excluding hydrogens is 526 g/mol. The van der Waals surface area contributed by atoms with Crippen LogP contribution in [0.1, 0.15) is 34.0 Å². The van der Waals surface area contributed by atoms with E-state index >= 15 is 4.39 Å². The molecule has 0 spiro atoms. The Bertz CT molecular complexity index is 1410. The van der Waals surface area contributed by atoms with Crippen LogP contribution in [0.15, 0.2) is 35.5 Å². The average Bonchev–Trinajstić information content (AvgIpc) is 3.25. The number of oxime groups is 1. The van der Waals surface area contributed by atoms with E-state index in [0.717, 1.165) is 0 Å². The van der Waals surface area contributed by atoms with Gasteiger partial charge in [0.1, 0.15) is 11.9 Å². The first kappa shape index (κ1) is 28.3. The number of fused-ring (bicyclic) bond motifs is 1. The third-order valence-corrected chi connectivity index (χ3v) is 6.64. The van der Waals surface area contributed by atoms with Crippen LogP contribution in [0.4, 0.5) is 13.6 Å². The SMILES string of the molecule is COc1ccc2c(c1F)C(=O)N(C[C@@H](C#Cc1ccc(/C(=N/O)N3CCNC[C@@H]3C)c(F)c1)NC(=O)NC=O)C2. The number of amides is 4. The second-order valence-electron chi connectivity index (χ2n) is 9.22. The van der Waals surface area contributed by atoms with Crippen molar-refractivity contribution in [1.82, 2.24) is 25.8 Å². The Labute approximate surface area is 229 Å². The molecule has 4 rings (SSSR count). The molecule has 0 bridgehead atoms. The van der Waals surface area contributed by atoms with Gasteiger partial charge >= 0.3 is 6.03 Å². The van der Waals surface area contributed by atoms with Gasteiger partial charge < -0.3 is 30.4 Å². The van der Waals surface area contributed by atoms with Crippen LogP contribution in [-0.4, -0.2) is 84.6 Å². The first-order chi connectivity index (χ1) is 19.3. The molecule has 0 unspecified atom stereocenters. The summed E-state index contributed by atoms with van der Waals surface area (Å²) in [6, 6.07) is 5.28. The molecule has 13 heteroatoms. The number of rotatable bonds is 6. The molecule has 40 heavy (non-hydrogen) atoms. The fraction of sp³-hybridized carbons (Fsp3) is 0.333. The second kappa shape index (κ2) is 12.4. The lowest BCUT2D eigenvalue weighted by Crippen LogP contribution is -2.52. The number of ether oxygens (including phenoxy) is 1. The van der Waals surface area contributed by atoms with Crippen LogP contribution in [0, 0.1) is 23.5 Å². The summed E-state index contributed by atoms with van der Waals surface area (Å²) in [4.78, 5) is 38.8. The van der Waals surface area contributed by atoms with Crippen LogP contribution in [0.5, 0.6) is 5.75 Å². The number of piperazine rings is 1. The van der Waals surface area contributed by atoms with E-state index in [1.165, 1.54) is 36.3 Å². The van der Waals surface area contributed by atoms with Crippen LogP contribution in [0.2, 0.25) is 0 Å². The van der Waals surface area contributed by atoms with Gasteiger partial charge in [-0.3, -0.25) is 14.9 Å². The van der Waals surface area contributed by atoms with Crippen molar-refractivity contribution in [1.29, 1.82) is 0 Å². The van der Waals surface area contributed by atoms with E-state index in [9.17, 15) is 24.0 Å². The molecule has 0 aromatic heterocycles. The Morgan fingerprint density at radius 1 is 1.35 bits per heavy atom. The van der Waals surface area contributed by atoms with Gasteiger partial charge in [-0.2, -0.15) is 0 Å². The molecule has 2 aromatic rings. The predicted octanol–water partition coefficient (Wildman–Crippen LogP) is 1.23. The van der Waals surface area contributed by atoms with Crippen molar-refractivity contribution >= 4 is 24.2 Å². The summed E-state index contributed by atoms with van der Waals surface area (Å²) in [5, 5.41) is 20.6. The Morgan fingerprint density at radius 3 is 2.83 bits per heavy atom. The molecule has 0 aliphatic carbocycles. The van der Waals surface area contributed by atoms with Crippen molar-refractivity contribution in [3.8, 4) is 17.6 Å². The zero-order valence-corrected chi connectivity index (χ0v) is 21.8. The molecule has 11 nitrogen and oxygen atoms in total. The molecule has 210 valence electrons. The number of nitrogens with one attached hydrogen (secondary N) is 3. The lowest BCUT2D eigenvalue weighted by atomic mass is 10.1. The number of nitrogens with zero attached hydrogens (tertiary/aromatic N) is 3. The number of imide groups is 1. The zero-order valence-electron chi connectivity index (χ0n) is 21.8. The van der Waals surface area contributed by atoms with Crippen LogP contribution >= 0.6 is 0 Å². The summed E-state index contributed by atoms with van der Waals surface area (Å²) in [7, 11) is 1.29. The molecular formula is C27H28F2N6O5. The number of methoxy groups -OCH3 is 1. The van der Waals surface area contributed by atoms with E-state index < -0.39 is 29.6 Å². The molecule has 2 aliphatic rings. The van der Waals surface area contributed by atoms with Crippen molar-refractivity contribution in [2.24, 2.45) is 5.16 Å². The van der Waals surface area contributed by atoms with Crippen LogP contribution < -0.4 is 20.7 Å². The first-order valence-corrected chi connectivity index (χ1v) is 12.4. The standard InChI is InChI=1S/C27H28F2N6O5/c1-16-12-30-9-10-35(16)25(33-39)20-7-4-17(11-21(20)28)3-6-19(32-27(38)31-15-36)14-34-13-18-5-8-22(40-2)24(29)23(18)26(34)37/h4-5,7-8,11,15-16,19,30,39H,9-10,12-14H2,1-2H3,(H2,31,32,36,38)/b33-25-/t16-,19+/m0/s1. The maximum Gasteiger partial charge on any atom is 0.322 e. The van der Waals surface area contributed by atoms with E-state index in [1.807, 2.05) is 12.2 Å². The highest BCUT2D eigenvalue weighted by atomic mass is 19.1. The van der Waals surface area contributed by atoms with Crippen molar-refractivity contribution in [2.75, 3.05) is 33.3 Å². The Kier molecular flexibility index (Phi) is 8.80. The van der Waals surface area contributed by atoms with Crippen LogP contribution in [0.3, 0.4) is 0 Å². The minimum atomic E-state index is -0.998. The molecule has 2 aliphatic heterocycles. The number of halogens is 2. The number of carbonyl (C=O) groups is 3. The maximum absolute atomic E-state index is 15.1. The monoisotopic (exact) mass is 554 g/mol. The number of amidine groups is 1. The fourth-order valence-electron chi connectivity index (χ4n) is 4.67. The minimum absolute atomic E-state index is 0.0168. The van der Waals surface area contributed by atoms with Crippen LogP contribution in [0.25, 0.3) is 0 Å². The van der Waals surface area contributed by atoms with Gasteiger partial charge in [-0.05, 0) is 36.8 Å².